The molecule has 0 radical (unpaired) electrons. The van der Waals surface area contributed by atoms with Crippen molar-refractivity contribution in [2.45, 2.75) is 25.3 Å². The molecule has 0 N–H and O–H groups in total. The SMILES string of the molecule is C#CCc1cccc2c1C(=O)N(C1CCC(=O)N(C)C1=O)C2=O. The van der Waals surface area contributed by atoms with Crippen molar-refractivity contribution in [3.8, 4) is 12.3 Å². The molecule has 23 heavy (non-hydrogen) atoms. The molecule has 6 heteroatoms. The van der Waals surface area contributed by atoms with Crippen LogP contribution in [0, 0.1) is 12.3 Å². The van der Waals surface area contributed by atoms with Gasteiger partial charge in [0.25, 0.3) is 17.7 Å². The minimum absolute atomic E-state index is 0.123. The van der Waals surface area contributed by atoms with Crippen LogP contribution in [0.4, 0.5) is 0 Å². The highest BCUT2D eigenvalue weighted by Gasteiger charge is 2.46. The number of nitrogens with zero attached hydrogens (tertiary/aromatic N) is 2. The largest absolute Gasteiger partial charge is 0.284 e. The van der Waals surface area contributed by atoms with Gasteiger partial charge in [0, 0.05) is 19.9 Å². The van der Waals surface area contributed by atoms with Crippen LogP contribution in [0.2, 0.25) is 0 Å². The van der Waals surface area contributed by atoms with E-state index in [0.29, 0.717) is 5.56 Å². The van der Waals surface area contributed by atoms with Crippen molar-refractivity contribution in [3.63, 3.8) is 0 Å². The van der Waals surface area contributed by atoms with Crippen LogP contribution in [0.1, 0.15) is 39.1 Å². The summed E-state index contributed by atoms with van der Waals surface area (Å²) in [4.78, 5) is 51.1. The highest BCUT2D eigenvalue weighted by Crippen LogP contribution is 2.30. The van der Waals surface area contributed by atoms with Crippen LogP contribution in [0.15, 0.2) is 18.2 Å². The van der Waals surface area contributed by atoms with Crippen LogP contribution in [0.3, 0.4) is 0 Å². The number of terminal acetylenes is 1. The maximum absolute atomic E-state index is 12.7. The second kappa shape index (κ2) is 5.36. The topological polar surface area (TPSA) is 74.8 Å². The Morgan fingerprint density at radius 2 is 1.96 bits per heavy atom. The van der Waals surface area contributed by atoms with E-state index in [1.807, 2.05) is 0 Å². The lowest BCUT2D eigenvalue weighted by Crippen LogP contribution is -2.54. The molecular formula is C17H14N2O4. The number of imide groups is 2. The Balaban J connectivity index is 2.01. The van der Waals surface area contributed by atoms with E-state index in [4.69, 9.17) is 6.42 Å². The van der Waals surface area contributed by atoms with Gasteiger partial charge in [0.2, 0.25) is 5.91 Å². The van der Waals surface area contributed by atoms with Gasteiger partial charge in [-0.05, 0) is 18.1 Å². The van der Waals surface area contributed by atoms with E-state index in [9.17, 15) is 19.2 Å². The summed E-state index contributed by atoms with van der Waals surface area (Å²) in [6.07, 6.45) is 5.81. The molecule has 0 saturated carbocycles. The molecule has 6 nitrogen and oxygen atoms in total. The van der Waals surface area contributed by atoms with Gasteiger partial charge in [-0.25, -0.2) is 0 Å². The van der Waals surface area contributed by atoms with Crippen molar-refractivity contribution < 1.29 is 19.2 Å². The molecule has 2 aliphatic heterocycles. The smallest absolute Gasteiger partial charge is 0.262 e. The fourth-order valence-corrected chi connectivity index (χ4v) is 3.05. The third-order valence-electron chi connectivity index (χ3n) is 4.26. The number of amides is 4. The Morgan fingerprint density at radius 1 is 1.22 bits per heavy atom. The molecular weight excluding hydrogens is 296 g/mol. The standard InChI is InChI=1S/C17H14N2O4/c1-3-5-10-6-4-7-11-14(10)17(23)19(15(11)21)12-8-9-13(20)18(2)16(12)22/h1,4,6-7,12H,5,8-9H2,2H3. The maximum Gasteiger partial charge on any atom is 0.262 e. The lowest BCUT2D eigenvalue weighted by Gasteiger charge is -2.32. The minimum Gasteiger partial charge on any atom is -0.284 e. The van der Waals surface area contributed by atoms with E-state index < -0.39 is 23.8 Å². The predicted molar refractivity (Wildman–Crippen MR) is 80.3 cm³/mol. The second-order valence-corrected chi connectivity index (χ2v) is 5.55. The van der Waals surface area contributed by atoms with E-state index in [-0.39, 0.29) is 36.3 Å². The summed E-state index contributed by atoms with van der Waals surface area (Å²) in [5.74, 6) is 0.595. The Bertz CT molecular complexity index is 790. The van der Waals surface area contributed by atoms with E-state index in [1.54, 1.807) is 18.2 Å². The van der Waals surface area contributed by atoms with Gasteiger partial charge < -0.3 is 0 Å². The molecule has 3 rings (SSSR count). The number of fused-ring (bicyclic) bond motifs is 1. The molecule has 1 aromatic rings. The van der Waals surface area contributed by atoms with Gasteiger partial charge in [-0.15, -0.1) is 12.3 Å². The molecule has 2 heterocycles. The number of likely N-dealkylation sites (N-methyl/N-ethyl adjacent to an activating group) is 1. The lowest BCUT2D eigenvalue weighted by atomic mass is 10.0. The number of rotatable bonds is 2. The minimum atomic E-state index is -0.941. The normalized spacial score (nSPS) is 20.8. The van der Waals surface area contributed by atoms with Gasteiger partial charge in [0.1, 0.15) is 6.04 Å². The summed E-state index contributed by atoms with van der Waals surface area (Å²) in [6.45, 7) is 0. The third kappa shape index (κ3) is 2.13. The number of benzene rings is 1. The first-order valence-electron chi connectivity index (χ1n) is 7.21. The molecule has 0 aliphatic carbocycles. The summed E-state index contributed by atoms with van der Waals surface area (Å²) >= 11 is 0. The fraction of sp³-hybridized carbons (Fsp3) is 0.294. The van der Waals surface area contributed by atoms with Crippen LogP contribution in [0.5, 0.6) is 0 Å². The van der Waals surface area contributed by atoms with Crippen LogP contribution in [-0.4, -0.2) is 46.5 Å². The summed E-state index contributed by atoms with van der Waals surface area (Å²) in [5, 5.41) is 0. The van der Waals surface area contributed by atoms with Crippen molar-refractivity contribution in [2.24, 2.45) is 0 Å². The number of likely N-dealkylation sites (tertiary alicyclic amines) is 1. The quantitative estimate of drug-likeness (QED) is 0.592. The summed E-state index contributed by atoms with van der Waals surface area (Å²) in [6, 6.07) is 3.98. The van der Waals surface area contributed by atoms with Gasteiger partial charge in [-0.2, -0.15) is 0 Å². The van der Waals surface area contributed by atoms with E-state index in [1.165, 1.54) is 7.05 Å². The molecule has 0 aromatic heterocycles. The molecule has 4 amide bonds. The predicted octanol–water partition coefficient (Wildman–Crippen LogP) is 0.606. The van der Waals surface area contributed by atoms with Crippen LogP contribution in [0.25, 0.3) is 0 Å². The molecule has 1 fully saturated rings. The van der Waals surface area contributed by atoms with Gasteiger partial charge >= 0.3 is 0 Å². The number of piperidine rings is 1. The molecule has 2 aliphatic rings. The molecule has 1 unspecified atom stereocenters. The Labute approximate surface area is 133 Å². The van der Waals surface area contributed by atoms with E-state index >= 15 is 0 Å². The summed E-state index contributed by atoms with van der Waals surface area (Å²) in [7, 11) is 1.36. The van der Waals surface area contributed by atoms with Crippen molar-refractivity contribution >= 4 is 23.6 Å². The Kier molecular flexibility index (Phi) is 3.49. The zero-order valence-corrected chi connectivity index (χ0v) is 12.5. The van der Waals surface area contributed by atoms with Crippen molar-refractivity contribution in [1.29, 1.82) is 0 Å². The van der Waals surface area contributed by atoms with Gasteiger partial charge in [-0.1, -0.05) is 12.1 Å². The maximum atomic E-state index is 12.7. The molecule has 116 valence electrons. The average Bonchev–Trinajstić information content (AvgIpc) is 2.79. The van der Waals surface area contributed by atoms with Crippen molar-refractivity contribution in [3.05, 3.63) is 34.9 Å². The Morgan fingerprint density at radius 3 is 2.65 bits per heavy atom. The van der Waals surface area contributed by atoms with Crippen molar-refractivity contribution in [2.75, 3.05) is 7.05 Å². The highest BCUT2D eigenvalue weighted by molar-refractivity contribution is 6.24. The highest BCUT2D eigenvalue weighted by atomic mass is 16.2. The summed E-state index contributed by atoms with van der Waals surface area (Å²) < 4.78 is 0. The third-order valence-corrected chi connectivity index (χ3v) is 4.26. The first-order chi connectivity index (χ1) is 11.0. The number of carbonyl (C=O) groups is 4. The molecule has 0 spiro atoms. The Hall–Kier alpha value is -2.94. The molecule has 0 bridgehead atoms. The monoisotopic (exact) mass is 310 g/mol. The average molecular weight is 310 g/mol. The van der Waals surface area contributed by atoms with Crippen LogP contribution in [-0.2, 0) is 16.0 Å². The fourth-order valence-electron chi connectivity index (χ4n) is 3.05. The van der Waals surface area contributed by atoms with Gasteiger partial charge in [0.15, 0.2) is 0 Å². The van der Waals surface area contributed by atoms with E-state index in [2.05, 4.69) is 5.92 Å². The zero-order valence-electron chi connectivity index (χ0n) is 12.5. The number of hydrogen-bond acceptors (Lipinski definition) is 4. The number of carbonyl (C=O) groups excluding carboxylic acids is 4. The van der Waals surface area contributed by atoms with Crippen LogP contribution >= 0.6 is 0 Å². The van der Waals surface area contributed by atoms with Crippen LogP contribution < -0.4 is 0 Å². The second-order valence-electron chi connectivity index (χ2n) is 5.55. The molecule has 1 atom stereocenters. The first kappa shape index (κ1) is 15.0. The molecule has 1 aromatic carbocycles. The zero-order chi connectivity index (χ0) is 16.7. The van der Waals surface area contributed by atoms with Gasteiger partial charge in [-0.3, -0.25) is 29.0 Å². The number of hydrogen-bond donors (Lipinski definition) is 0. The van der Waals surface area contributed by atoms with Gasteiger partial charge in [0.05, 0.1) is 11.1 Å². The summed E-state index contributed by atoms with van der Waals surface area (Å²) in [5.41, 5.74) is 1.12. The first-order valence-corrected chi connectivity index (χ1v) is 7.21. The lowest BCUT2D eigenvalue weighted by molar-refractivity contribution is -0.149. The van der Waals surface area contributed by atoms with E-state index in [0.717, 1.165) is 9.80 Å². The van der Waals surface area contributed by atoms with Crippen molar-refractivity contribution in [1.82, 2.24) is 9.80 Å². The molecule has 1 saturated heterocycles.